The largest absolute Gasteiger partial charge is 0.0619 e. The second-order valence-electron chi connectivity index (χ2n) is 13.0. The minimum atomic E-state index is -0.0503. The van der Waals surface area contributed by atoms with Crippen LogP contribution in [0.5, 0.6) is 0 Å². The van der Waals surface area contributed by atoms with Gasteiger partial charge in [-0.2, -0.15) is 0 Å². The number of hydrogen-bond acceptors (Lipinski definition) is 0. The number of aryl methyl sites for hydroxylation is 1. The summed E-state index contributed by atoms with van der Waals surface area (Å²) in [7, 11) is 0. The van der Waals surface area contributed by atoms with Crippen molar-refractivity contribution in [3.8, 4) is 33.4 Å². The second-order valence-corrected chi connectivity index (χ2v) is 13.0. The molecule has 0 saturated heterocycles. The van der Waals surface area contributed by atoms with Crippen molar-refractivity contribution in [3.05, 3.63) is 156 Å². The van der Waals surface area contributed by atoms with Gasteiger partial charge in [0.15, 0.2) is 0 Å². The summed E-state index contributed by atoms with van der Waals surface area (Å²) >= 11 is 0. The normalized spacial score (nSPS) is 13.5. The zero-order chi connectivity index (χ0) is 29.6. The molecular weight excluding hydrogens is 528 g/mol. The molecule has 9 rings (SSSR count). The van der Waals surface area contributed by atoms with Crippen molar-refractivity contribution < 1.29 is 0 Å². The molecule has 0 fully saturated rings. The van der Waals surface area contributed by atoms with Crippen LogP contribution in [0.2, 0.25) is 0 Å². The molecule has 0 radical (unpaired) electrons. The molecule has 0 bridgehead atoms. The van der Waals surface area contributed by atoms with Gasteiger partial charge < -0.3 is 0 Å². The predicted octanol–water partition coefficient (Wildman–Crippen LogP) is 12.2. The Morgan fingerprint density at radius 1 is 0.386 bits per heavy atom. The highest BCUT2D eigenvalue weighted by atomic mass is 14.4. The van der Waals surface area contributed by atoms with E-state index in [2.05, 4.69) is 160 Å². The first-order valence-corrected chi connectivity index (χ1v) is 15.6. The Balaban J connectivity index is 1.43. The first kappa shape index (κ1) is 25.3. The molecule has 0 N–H and O–H groups in total. The molecule has 1 aliphatic carbocycles. The minimum absolute atomic E-state index is 0.0503. The highest BCUT2D eigenvalue weighted by Gasteiger charge is 2.35. The third kappa shape index (κ3) is 3.46. The third-order valence-corrected chi connectivity index (χ3v) is 10.1. The van der Waals surface area contributed by atoms with Crippen molar-refractivity contribution in [1.29, 1.82) is 0 Å². The van der Waals surface area contributed by atoms with Crippen LogP contribution in [0.25, 0.3) is 76.5 Å². The standard InChI is InChI=1S/C44H32/c1-27-20-22-37-38(24-27)41(30-21-23-34-33-16-10-11-19-39(33)44(2,3)40(34)26-30)35-17-8-9-18-36(35)43(37)42-31-14-6-4-12-28(31)25-29-13-5-7-15-32(29)42/h4-26H,1-3H3. The Morgan fingerprint density at radius 2 is 0.932 bits per heavy atom. The van der Waals surface area contributed by atoms with Gasteiger partial charge in [-0.05, 0) is 107 Å². The van der Waals surface area contributed by atoms with E-state index in [4.69, 9.17) is 0 Å². The van der Waals surface area contributed by atoms with Gasteiger partial charge in [0.1, 0.15) is 0 Å². The topological polar surface area (TPSA) is 0 Å². The van der Waals surface area contributed by atoms with E-state index < -0.39 is 0 Å². The Hall–Kier alpha value is -5.20. The summed E-state index contributed by atoms with van der Waals surface area (Å²) in [6, 6.07) is 52.3. The molecule has 0 atom stereocenters. The van der Waals surface area contributed by atoms with E-state index >= 15 is 0 Å². The van der Waals surface area contributed by atoms with Crippen LogP contribution in [-0.2, 0) is 5.41 Å². The first-order valence-electron chi connectivity index (χ1n) is 15.6. The van der Waals surface area contributed by atoms with Crippen LogP contribution in [-0.4, -0.2) is 0 Å². The lowest BCUT2D eigenvalue weighted by Crippen LogP contribution is -2.14. The van der Waals surface area contributed by atoms with E-state index in [1.54, 1.807) is 0 Å². The lowest BCUT2D eigenvalue weighted by molar-refractivity contribution is 0.660. The molecule has 8 aromatic carbocycles. The van der Waals surface area contributed by atoms with Crippen molar-refractivity contribution in [2.24, 2.45) is 0 Å². The molecule has 1 aliphatic rings. The minimum Gasteiger partial charge on any atom is -0.0619 e. The molecule has 0 heteroatoms. The molecule has 8 aromatic rings. The fourth-order valence-electron chi connectivity index (χ4n) is 8.02. The molecule has 0 unspecified atom stereocenters. The first-order chi connectivity index (χ1) is 21.5. The average molecular weight is 561 g/mol. The Kier molecular flexibility index (Phi) is 5.26. The average Bonchev–Trinajstić information content (AvgIpc) is 3.28. The molecule has 0 nitrogen and oxygen atoms in total. The maximum absolute atomic E-state index is 2.48. The van der Waals surface area contributed by atoms with Crippen molar-refractivity contribution in [3.63, 3.8) is 0 Å². The van der Waals surface area contributed by atoms with Gasteiger partial charge in [-0.25, -0.2) is 0 Å². The Morgan fingerprint density at radius 3 is 1.66 bits per heavy atom. The summed E-state index contributed by atoms with van der Waals surface area (Å²) in [5.74, 6) is 0. The second kappa shape index (κ2) is 9.15. The molecule has 0 aliphatic heterocycles. The lowest BCUT2D eigenvalue weighted by atomic mass is 9.80. The van der Waals surface area contributed by atoms with Gasteiger partial charge in [-0.3, -0.25) is 0 Å². The predicted molar refractivity (Wildman–Crippen MR) is 190 cm³/mol. The summed E-state index contributed by atoms with van der Waals surface area (Å²) in [6.45, 7) is 6.96. The van der Waals surface area contributed by atoms with Crippen LogP contribution in [0.1, 0.15) is 30.5 Å². The van der Waals surface area contributed by atoms with E-state index in [0.29, 0.717) is 0 Å². The lowest BCUT2D eigenvalue weighted by Gasteiger charge is -2.23. The smallest absolute Gasteiger partial charge is 0.0159 e. The SMILES string of the molecule is Cc1ccc2c(-c3c4ccccc4cc4ccccc34)c3ccccc3c(-c3ccc4c(c3)C(C)(C)c3ccccc3-4)c2c1. The molecular formula is C44H32. The van der Waals surface area contributed by atoms with Gasteiger partial charge in [0.25, 0.3) is 0 Å². The fraction of sp³-hybridized carbons (Fsp3) is 0.0909. The summed E-state index contributed by atoms with van der Waals surface area (Å²) in [5.41, 5.74) is 12.0. The summed E-state index contributed by atoms with van der Waals surface area (Å²) < 4.78 is 0. The molecule has 0 aromatic heterocycles. The van der Waals surface area contributed by atoms with Crippen molar-refractivity contribution in [1.82, 2.24) is 0 Å². The van der Waals surface area contributed by atoms with Gasteiger partial charge in [0, 0.05) is 5.41 Å². The summed E-state index contributed by atoms with van der Waals surface area (Å²) in [5, 5.41) is 10.3. The van der Waals surface area contributed by atoms with Crippen LogP contribution in [0.3, 0.4) is 0 Å². The molecule has 0 spiro atoms. The number of fused-ring (bicyclic) bond motifs is 7. The van der Waals surface area contributed by atoms with Gasteiger partial charge in [0.2, 0.25) is 0 Å². The van der Waals surface area contributed by atoms with E-state index in [1.165, 1.54) is 93.2 Å². The van der Waals surface area contributed by atoms with E-state index in [-0.39, 0.29) is 5.41 Å². The maximum atomic E-state index is 2.48. The molecule has 208 valence electrons. The fourth-order valence-corrected chi connectivity index (χ4v) is 8.02. The maximum Gasteiger partial charge on any atom is 0.0159 e. The summed E-state index contributed by atoms with van der Waals surface area (Å²) in [4.78, 5) is 0. The quantitative estimate of drug-likeness (QED) is 0.184. The van der Waals surface area contributed by atoms with Gasteiger partial charge in [0.05, 0.1) is 0 Å². The number of benzene rings is 8. The van der Waals surface area contributed by atoms with Crippen LogP contribution in [0, 0.1) is 6.92 Å². The molecule has 0 amide bonds. The van der Waals surface area contributed by atoms with Crippen LogP contribution in [0.15, 0.2) is 140 Å². The number of hydrogen-bond donors (Lipinski definition) is 0. The zero-order valence-electron chi connectivity index (χ0n) is 25.3. The highest BCUT2D eigenvalue weighted by molar-refractivity contribution is 6.27. The molecule has 0 saturated carbocycles. The third-order valence-electron chi connectivity index (χ3n) is 10.1. The van der Waals surface area contributed by atoms with Gasteiger partial charge >= 0.3 is 0 Å². The summed E-state index contributed by atoms with van der Waals surface area (Å²) in [6.07, 6.45) is 0. The molecule has 44 heavy (non-hydrogen) atoms. The van der Waals surface area contributed by atoms with Crippen LogP contribution in [0.4, 0.5) is 0 Å². The number of rotatable bonds is 2. The molecule has 0 heterocycles. The van der Waals surface area contributed by atoms with Crippen molar-refractivity contribution in [2.75, 3.05) is 0 Å². The van der Waals surface area contributed by atoms with E-state index in [0.717, 1.165) is 0 Å². The van der Waals surface area contributed by atoms with Gasteiger partial charge in [-0.1, -0.05) is 147 Å². The van der Waals surface area contributed by atoms with E-state index in [9.17, 15) is 0 Å². The Labute approximate surface area is 258 Å². The highest BCUT2D eigenvalue weighted by Crippen LogP contribution is 2.52. The van der Waals surface area contributed by atoms with Crippen LogP contribution < -0.4 is 0 Å². The van der Waals surface area contributed by atoms with Gasteiger partial charge in [-0.15, -0.1) is 0 Å². The Bertz CT molecular complexity index is 2420. The zero-order valence-corrected chi connectivity index (χ0v) is 25.3. The van der Waals surface area contributed by atoms with Crippen molar-refractivity contribution >= 4 is 43.1 Å². The van der Waals surface area contributed by atoms with Crippen LogP contribution >= 0.6 is 0 Å². The van der Waals surface area contributed by atoms with Crippen molar-refractivity contribution in [2.45, 2.75) is 26.2 Å². The monoisotopic (exact) mass is 560 g/mol. The van der Waals surface area contributed by atoms with E-state index in [1.807, 2.05) is 0 Å².